The number of aliphatic hydroxyl groups is 1. The average Bonchev–Trinajstić information content (AvgIpc) is 3.82. The maximum absolute atomic E-state index is 13.9. The molecule has 3 saturated carbocycles. The average molecular weight is 853 g/mol. The fourth-order valence-electron chi connectivity index (χ4n) is 9.14. The van der Waals surface area contributed by atoms with Crippen LogP contribution in [0.4, 0.5) is 11.4 Å². The lowest BCUT2D eigenvalue weighted by atomic mass is 9.81. The minimum absolute atomic E-state index is 0.0137. The number of aryl methyl sites for hydroxylation is 2. The van der Waals surface area contributed by atoms with E-state index in [1.54, 1.807) is 31.2 Å². The molecule has 3 aromatic rings. The second kappa shape index (κ2) is 19.2. The van der Waals surface area contributed by atoms with Gasteiger partial charge in [-0.05, 0) is 151 Å². The first-order chi connectivity index (χ1) is 27.6. The number of aromatic carboxylic acids is 2. The van der Waals surface area contributed by atoms with E-state index < -0.39 is 22.0 Å². The number of carbonyl (C=O) groups is 3. The van der Waals surface area contributed by atoms with E-state index in [0.29, 0.717) is 40.8 Å². The van der Waals surface area contributed by atoms with Crippen molar-refractivity contribution in [1.29, 1.82) is 0 Å². The van der Waals surface area contributed by atoms with Crippen LogP contribution in [-0.4, -0.2) is 53.7 Å². The first-order valence-corrected chi connectivity index (χ1v) is 24.3. The number of nitrogens with zero attached hydrogens (tertiary/aromatic N) is 1. The first-order valence-electron chi connectivity index (χ1n) is 21.2. The van der Waals surface area contributed by atoms with Crippen LogP contribution in [0.15, 0.2) is 41.3 Å². The van der Waals surface area contributed by atoms with E-state index in [-0.39, 0.29) is 39.4 Å². The second-order valence-electron chi connectivity index (χ2n) is 17.3. The maximum atomic E-state index is 13.9. The summed E-state index contributed by atoms with van der Waals surface area (Å²) in [6, 6.07) is 8.74. The highest BCUT2D eigenvalue weighted by atomic mass is 32.2. The first kappa shape index (κ1) is 44.0. The van der Waals surface area contributed by atoms with Crippen molar-refractivity contribution in [3.05, 3.63) is 67.0 Å². The third-order valence-corrected chi connectivity index (χ3v) is 16.6. The third-order valence-electron chi connectivity index (χ3n) is 12.6. The Labute approximate surface area is 351 Å². The molecule has 58 heavy (non-hydrogen) atoms. The quantitative estimate of drug-likeness (QED) is 0.157. The van der Waals surface area contributed by atoms with Crippen LogP contribution in [0.5, 0.6) is 0 Å². The summed E-state index contributed by atoms with van der Waals surface area (Å²) in [6.07, 6.45) is 17.2. The monoisotopic (exact) mass is 852 g/mol. The lowest BCUT2D eigenvalue weighted by Gasteiger charge is -2.38. The second-order valence-corrected chi connectivity index (χ2v) is 21.0. The van der Waals surface area contributed by atoms with Crippen molar-refractivity contribution in [3.63, 3.8) is 0 Å². The summed E-state index contributed by atoms with van der Waals surface area (Å²) in [5.74, 6) is -0.148. The molecule has 0 aliphatic heterocycles. The summed E-state index contributed by atoms with van der Waals surface area (Å²) in [4.78, 5) is 42.1. The number of allylic oxidation sites excluding steroid dienone is 2. The molecule has 0 unspecified atom stereocenters. The summed E-state index contributed by atoms with van der Waals surface area (Å²) in [7, 11) is -3.86. The number of benzene rings is 1. The van der Waals surface area contributed by atoms with E-state index in [9.17, 15) is 38.1 Å². The van der Waals surface area contributed by atoms with Crippen molar-refractivity contribution >= 4 is 67.5 Å². The van der Waals surface area contributed by atoms with E-state index in [2.05, 4.69) is 24.6 Å². The van der Waals surface area contributed by atoms with Crippen LogP contribution >= 0.6 is 22.7 Å². The van der Waals surface area contributed by atoms with Crippen LogP contribution < -0.4 is 9.62 Å². The molecule has 0 saturated heterocycles. The van der Waals surface area contributed by atoms with Crippen LogP contribution in [0.2, 0.25) is 0 Å². The number of nitrogens with one attached hydrogen (secondary N) is 1. The Bertz CT molecular complexity index is 2080. The predicted molar refractivity (Wildman–Crippen MR) is 233 cm³/mol. The minimum atomic E-state index is -3.86. The Kier molecular flexibility index (Phi) is 14.6. The van der Waals surface area contributed by atoms with Gasteiger partial charge in [0.1, 0.15) is 9.75 Å². The highest BCUT2D eigenvalue weighted by Crippen LogP contribution is 2.45. The smallest absolute Gasteiger partial charge is 0.348 e. The Balaban J connectivity index is 0.000000200. The van der Waals surface area contributed by atoms with Crippen molar-refractivity contribution in [2.75, 3.05) is 9.62 Å². The molecule has 4 aliphatic carbocycles. The number of carboxylic acids is 2. The summed E-state index contributed by atoms with van der Waals surface area (Å²) >= 11 is 2.51. The van der Waals surface area contributed by atoms with Crippen LogP contribution in [0.1, 0.15) is 163 Å². The van der Waals surface area contributed by atoms with E-state index >= 15 is 0 Å². The van der Waals surface area contributed by atoms with E-state index in [0.717, 1.165) is 115 Å². The SMILES string of the molecule is C[C@H]1CC[C@H](C(=O)N(c2cc([C@H]3CC[C@H](C)CC3)sc2C(=O)O)[C@H]2CC[C@H](O)CC2)CC1.Cc1ccc(S(=O)(=O)Nc2cc(C3=CCCCC3)sc2C(=O)O)c(C)c1. The Morgan fingerprint density at radius 2 is 1.41 bits per heavy atom. The van der Waals surface area contributed by atoms with Crippen LogP contribution in [0.25, 0.3) is 5.57 Å². The Morgan fingerprint density at radius 1 is 0.776 bits per heavy atom. The predicted octanol–water partition coefficient (Wildman–Crippen LogP) is 11.0. The largest absolute Gasteiger partial charge is 0.477 e. The van der Waals surface area contributed by atoms with Gasteiger partial charge in [0.2, 0.25) is 5.91 Å². The molecular weight excluding hydrogens is 793 g/mol. The molecule has 1 aromatic carbocycles. The molecule has 316 valence electrons. The number of hydrogen-bond donors (Lipinski definition) is 4. The Hall–Kier alpha value is -3.52. The number of aliphatic hydroxyl groups excluding tert-OH is 1. The fraction of sp³-hybridized carbons (Fsp3) is 0.578. The lowest BCUT2D eigenvalue weighted by Crippen LogP contribution is -2.47. The van der Waals surface area contributed by atoms with Gasteiger partial charge in [-0.25, -0.2) is 18.0 Å². The lowest BCUT2D eigenvalue weighted by molar-refractivity contribution is -0.124. The van der Waals surface area contributed by atoms with E-state index in [4.69, 9.17) is 0 Å². The molecule has 13 heteroatoms. The van der Waals surface area contributed by atoms with Crippen molar-refractivity contribution in [1.82, 2.24) is 0 Å². The molecule has 0 atom stereocenters. The van der Waals surface area contributed by atoms with Gasteiger partial charge in [-0.1, -0.05) is 50.5 Å². The molecule has 0 spiro atoms. The topological polar surface area (TPSA) is 161 Å². The van der Waals surface area contributed by atoms with Crippen LogP contribution in [0, 0.1) is 31.6 Å². The standard InChI is InChI=1S/C26H39NO4S.C19H21NO4S2/c1-16-3-7-18(8-4-16)23-15-22(24(32-23)26(30)31)27(20-11-13-21(28)14-12-20)25(29)19-9-5-17(2)6-10-19;1-12-8-9-17(13(2)10-12)26(23,24)20-15-11-16(25-18(15)19(21)22)14-6-4-3-5-7-14/h15-21,28H,3-14H2,1-2H3,(H,30,31);6,8-11,20H,3-5,7H2,1-2H3,(H,21,22)/t16-,17-,18-,19-,20-,21-;. The summed E-state index contributed by atoms with van der Waals surface area (Å²) < 4.78 is 28.0. The third kappa shape index (κ3) is 10.6. The normalized spacial score (nSPS) is 25.2. The van der Waals surface area contributed by atoms with Gasteiger partial charge in [-0.3, -0.25) is 9.52 Å². The molecule has 10 nitrogen and oxygen atoms in total. The van der Waals surface area contributed by atoms with Gasteiger partial charge in [-0.2, -0.15) is 0 Å². The van der Waals surface area contributed by atoms with Crippen molar-refractivity contribution in [3.8, 4) is 0 Å². The van der Waals surface area contributed by atoms with E-state index in [1.807, 2.05) is 17.9 Å². The zero-order chi connectivity index (χ0) is 41.7. The maximum Gasteiger partial charge on any atom is 0.348 e. The van der Waals surface area contributed by atoms with Gasteiger partial charge in [0, 0.05) is 21.7 Å². The van der Waals surface area contributed by atoms with Crippen LogP contribution in [-0.2, 0) is 14.8 Å². The number of thiophene rings is 2. The fourth-order valence-corrected chi connectivity index (χ4v) is 12.7. The zero-order valence-corrected chi connectivity index (χ0v) is 36.7. The summed E-state index contributed by atoms with van der Waals surface area (Å²) in [5.41, 5.74) is 3.44. The van der Waals surface area contributed by atoms with Crippen LogP contribution in [0.3, 0.4) is 0 Å². The van der Waals surface area contributed by atoms with Gasteiger partial charge in [0.05, 0.1) is 22.4 Å². The molecule has 0 bridgehead atoms. The van der Waals surface area contributed by atoms with Gasteiger partial charge in [-0.15, -0.1) is 22.7 Å². The molecule has 4 aliphatic rings. The molecule has 4 N–H and O–H groups in total. The molecule has 0 radical (unpaired) electrons. The Morgan fingerprint density at radius 3 is 2.00 bits per heavy atom. The highest BCUT2D eigenvalue weighted by molar-refractivity contribution is 7.92. The van der Waals surface area contributed by atoms with Gasteiger partial charge in [0.15, 0.2) is 0 Å². The number of sulfonamides is 1. The number of rotatable bonds is 10. The minimum Gasteiger partial charge on any atom is -0.477 e. The van der Waals surface area contributed by atoms with Crippen molar-refractivity contribution in [2.45, 2.75) is 153 Å². The number of amides is 1. The molecule has 3 fully saturated rings. The zero-order valence-electron chi connectivity index (χ0n) is 34.3. The summed E-state index contributed by atoms with van der Waals surface area (Å²) in [6.45, 7) is 8.16. The highest BCUT2D eigenvalue weighted by Gasteiger charge is 2.38. The van der Waals surface area contributed by atoms with E-state index in [1.165, 1.54) is 24.2 Å². The van der Waals surface area contributed by atoms with Crippen molar-refractivity contribution < 1.29 is 38.1 Å². The number of carbonyl (C=O) groups excluding carboxylic acids is 1. The molecule has 7 rings (SSSR count). The van der Waals surface area contributed by atoms with Gasteiger partial charge >= 0.3 is 11.9 Å². The van der Waals surface area contributed by atoms with Gasteiger partial charge in [0.25, 0.3) is 10.0 Å². The molecule has 2 heterocycles. The molecule has 1 amide bonds. The summed E-state index contributed by atoms with van der Waals surface area (Å²) in [5, 5.41) is 29.6. The van der Waals surface area contributed by atoms with Crippen molar-refractivity contribution in [2.24, 2.45) is 17.8 Å². The number of anilines is 2. The number of hydrogen-bond acceptors (Lipinski definition) is 8. The van der Waals surface area contributed by atoms with Gasteiger partial charge < -0.3 is 20.2 Å². The molecule has 2 aromatic heterocycles. The number of carboxylic acid groups (broad SMARTS) is 2. The molecular formula is C45H60N2O8S3.